The molecule has 3 nitrogen and oxygen atoms in total. The van der Waals surface area contributed by atoms with Gasteiger partial charge in [-0.2, -0.15) is 26.3 Å². The summed E-state index contributed by atoms with van der Waals surface area (Å²) in [5, 5.41) is 13.0. The molecule has 0 atom stereocenters. The van der Waals surface area contributed by atoms with Gasteiger partial charge in [-0.3, -0.25) is 0 Å². The van der Waals surface area contributed by atoms with Crippen molar-refractivity contribution in [3.63, 3.8) is 0 Å². The summed E-state index contributed by atoms with van der Waals surface area (Å²) < 4.78 is 78.6. The largest absolute Gasteiger partial charge is 0.430 e. The van der Waals surface area contributed by atoms with Crippen LogP contribution in [-0.2, 0) is 18.6 Å². The molecule has 0 aliphatic carbocycles. The normalized spacial score (nSPS) is 17.9. The van der Waals surface area contributed by atoms with Crippen LogP contribution in [0.4, 0.5) is 32.0 Å². The zero-order valence-electron chi connectivity index (χ0n) is 18.6. The second-order valence-corrected chi connectivity index (χ2v) is 9.20. The second kappa shape index (κ2) is 8.08. The van der Waals surface area contributed by atoms with Gasteiger partial charge in [0.1, 0.15) is 0 Å². The van der Waals surface area contributed by atoms with Crippen molar-refractivity contribution in [2.75, 3.05) is 11.4 Å². The third-order valence-corrected chi connectivity index (χ3v) is 6.18. The summed E-state index contributed by atoms with van der Waals surface area (Å²) in [7, 11) is 0. The van der Waals surface area contributed by atoms with Crippen LogP contribution in [0.3, 0.4) is 0 Å². The first-order valence-electron chi connectivity index (χ1n) is 10.7. The summed E-state index contributed by atoms with van der Waals surface area (Å²) in [6.45, 7) is 5.13. The van der Waals surface area contributed by atoms with Crippen LogP contribution in [0.25, 0.3) is 5.70 Å². The van der Waals surface area contributed by atoms with Crippen molar-refractivity contribution in [2.24, 2.45) is 0 Å². The van der Waals surface area contributed by atoms with Crippen LogP contribution >= 0.6 is 0 Å². The maximum absolute atomic E-state index is 13.1. The van der Waals surface area contributed by atoms with Gasteiger partial charge in [0.25, 0.3) is 5.60 Å². The molecule has 0 unspecified atom stereocenters. The minimum atomic E-state index is -5.90. The standard InChI is InChI=1S/C25H24F6N2O/c1-22(2)12-3-4-20(32-22)17-7-10-21-18(14-17)11-13-33(21)15-16-5-8-19(9-6-16)23(34,24(26,27)28)25(29,30)31/h3-10,12,14,32,34H,11,13,15H2,1-2H3. The lowest BCUT2D eigenvalue weighted by Crippen LogP contribution is -2.53. The van der Waals surface area contributed by atoms with Crippen LogP contribution in [0.1, 0.15) is 36.1 Å². The number of nitrogens with zero attached hydrogens (tertiary/aromatic N) is 1. The maximum atomic E-state index is 13.1. The van der Waals surface area contributed by atoms with E-state index in [4.69, 9.17) is 0 Å². The number of rotatable bonds is 4. The molecular weight excluding hydrogens is 458 g/mol. The first kappa shape index (κ1) is 24.2. The molecule has 34 heavy (non-hydrogen) atoms. The number of nitrogens with one attached hydrogen (secondary N) is 1. The minimum Gasteiger partial charge on any atom is -0.376 e. The smallest absolute Gasteiger partial charge is 0.376 e. The number of dihydropyridines is 1. The van der Waals surface area contributed by atoms with E-state index in [-0.39, 0.29) is 5.54 Å². The highest BCUT2D eigenvalue weighted by Gasteiger charge is 2.71. The van der Waals surface area contributed by atoms with Crippen molar-refractivity contribution in [1.29, 1.82) is 0 Å². The molecule has 0 fully saturated rings. The van der Waals surface area contributed by atoms with E-state index in [1.807, 2.05) is 29.2 Å². The number of hydrogen-bond donors (Lipinski definition) is 2. The molecule has 2 aromatic carbocycles. The topological polar surface area (TPSA) is 35.5 Å². The Balaban J connectivity index is 1.53. The lowest BCUT2D eigenvalue weighted by molar-refractivity contribution is -0.376. The van der Waals surface area contributed by atoms with Gasteiger partial charge in [-0.15, -0.1) is 0 Å². The maximum Gasteiger partial charge on any atom is 0.430 e. The van der Waals surface area contributed by atoms with Gasteiger partial charge in [0, 0.05) is 30.0 Å². The predicted molar refractivity (Wildman–Crippen MR) is 118 cm³/mol. The van der Waals surface area contributed by atoms with Crippen molar-refractivity contribution in [2.45, 2.75) is 50.3 Å². The van der Waals surface area contributed by atoms with Gasteiger partial charge in [0.2, 0.25) is 0 Å². The highest BCUT2D eigenvalue weighted by atomic mass is 19.4. The fourth-order valence-electron chi connectivity index (χ4n) is 4.35. The van der Waals surface area contributed by atoms with Crippen LogP contribution in [0.5, 0.6) is 0 Å². The average Bonchev–Trinajstić information content (AvgIpc) is 3.13. The summed E-state index contributed by atoms with van der Waals surface area (Å²) in [5.41, 5.74) is -1.66. The third-order valence-electron chi connectivity index (χ3n) is 6.18. The molecule has 9 heteroatoms. The highest BCUT2D eigenvalue weighted by Crippen LogP contribution is 2.50. The molecule has 0 aromatic heterocycles. The molecule has 2 aliphatic rings. The molecule has 0 saturated carbocycles. The van der Waals surface area contributed by atoms with E-state index in [0.29, 0.717) is 30.8 Å². The van der Waals surface area contributed by atoms with E-state index < -0.39 is 23.5 Å². The number of fused-ring (bicyclic) bond motifs is 1. The summed E-state index contributed by atoms with van der Waals surface area (Å²) in [6.07, 6.45) is -4.94. The first-order valence-corrected chi connectivity index (χ1v) is 10.7. The minimum absolute atomic E-state index is 0.161. The van der Waals surface area contributed by atoms with E-state index in [1.165, 1.54) is 12.1 Å². The molecule has 2 heterocycles. The Kier molecular flexibility index (Phi) is 5.75. The van der Waals surface area contributed by atoms with Crippen molar-refractivity contribution in [1.82, 2.24) is 5.32 Å². The van der Waals surface area contributed by atoms with Gasteiger partial charge in [-0.1, -0.05) is 42.5 Å². The predicted octanol–water partition coefficient (Wildman–Crippen LogP) is 5.84. The number of anilines is 1. The summed E-state index contributed by atoms with van der Waals surface area (Å²) >= 11 is 0. The molecule has 2 N–H and O–H groups in total. The summed E-state index contributed by atoms with van der Waals surface area (Å²) in [5.74, 6) is 0. The Bertz CT molecular complexity index is 1120. The van der Waals surface area contributed by atoms with Crippen molar-refractivity contribution >= 4 is 11.4 Å². The number of aliphatic hydroxyl groups is 1. The molecular formula is C25H24F6N2O. The molecule has 0 radical (unpaired) electrons. The average molecular weight is 482 g/mol. The van der Waals surface area contributed by atoms with Gasteiger partial charge in [-0.25, -0.2) is 0 Å². The molecule has 0 bridgehead atoms. The molecule has 4 rings (SSSR count). The first-order chi connectivity index (χ1) is 15.7. The Morgan fingerprint density at radius 2 is 1.62 bits per heavy atom. The molecule has 182 valence electrons. The third kappa shape index (κ3) is 4.29. The summed E-state index contributed by atoms with van der Waals surface area (Å²) in [6, 6.07) is 9.82. The van der Waals surface area contributed by atoms with E-state index in [1.54, 1.807) is 0 Å². The molecule has 2 aromatic rings. The Hall–Kier alpha value is -2.94. The van der Waals surface area contributed by atoms with Crippen LogP contribution in [0.15, 0.2) is 60.7 Å². The van der Waals surface area contributed by atoms with Gasteiger partial charge < -0.3 is 15.3 Å². The lowest BCUT2D eigenvalue weighted by Gasteiger charge is -2.32. The molecule has 0 saturated heterocycles. The number of hydrogen-bond acceptors (Lipinski definition) is 3. The fourth-order valence-corrected chi connectivity index (χ4v) is 4.35. The number of alkyl halides is 6. The zero-order valence-corrected chi connectivity index (χ0v) is 18.6. The molecule has 2 aliphatic heterocycles. The van der Waals surface area contributed by atoms with Gasteiger partial charge in [0.15, 0.2) is 0 Å². The highest BCUT2D eigenvalue weighted by molar-refractivity contribution is 5.72. The summed E-state index contributed by atoms with van der Waals surface area (Å²) in [4.78, 5) is 2.03. The zero-order chi connectivity index (χ0) is 24.9. The van der Waals surface area contributed by atoms with Gasteiger partial charge in [0.05, 0.1) is 5.54 Å². The van der Waals surface area contributed by atoms with E-state index in [2.05, 4.69) is 31.3 Å². The van der Waals surface area contributed by atoms with Crippen LogP contribution in [-0.4, -0.2) is 29.5 Å². The van der Waals surface area contributed by atoms with Crippen molar-refractivity contribution < 1.29 is 31.4 Å². The molecule has 0 spiro atoms. The number of benzene rings is 2. The second-order valence-electron chi connectivity index (χ2n) is 9.20. The van der Waals surface area contributed by atoms with Crippen LogP contribution < -0.4 is 10.2 Å². The van der Waals surface area contributed by atoms with Crippen LogP contribution in [0, 0.1) is 0 Å². The number of halogens is 6. The van der Waals surface area contributed by atoms with Gasteiger partial charge in [-0.05, 0) is 55.2 Å². The lowest BCUT2D eigenvalue weighted by atomic mass is 9.91. The Morgan fingerprint density at radius 1 is 0.971 bits per heavy atom. The number of allylic oxidation sites excluding steroid dienone is 2. The SMILES string of the molecule is CC1(C)C=CC=C(c2ccc3c(c2)CCN3Cc2ccc(C(O)(C(F)(F)F)C(F)(F)F)cc2)N1. The fraction of sp³-hybridized carbons (Fsp3) is 0.360. The van der Waals surface area contributed by atoms with Gasteiger partial charge >= 0.3 is 12.4 Å². The quantitative estimate of drug-likeness (QED) is 0.538. The molecule has 0 amide bonds. The Labute approximate surface area is 193 Å². The van der Waals surface area contributed by atoms with Crippen molar-refractivity contribution in [3.05, 3.63) is 82.9 Å². The van der Waals surface area contributed by atoms with Crippen LogP contribution in [0.2, 0.25) is 0 Å². The Morgan fingerprint density at radius 3 is 2.21 bits per heavy atom. The van der Waals surface area contributed by atoms with E-state index >= 15 is 0 Å². The van der Waals surface area contributed by atoms with E-state index in [9.17, 15) is 31.4 Å². The van der Waals surface area contributed by atoms with Crippen molar-refractivity contribution in [3.8, 4) is 0 Å². The monoisotopic (exact) mass is 482 g/mol. The van der Waals surface area contributed by atoms with E-state index in [0.717, 1.165) is 28.9 Å².